The predicted molar refractivity (Wildman–Crippen MR) is 113 cm³/mol. The first kappa shape index (κ1) is 21.4. The highest BCUT2D eigenvalue weighted by molar-refractivity contribution is 7.16. The SMILES string of the molecule is COC(=O)Cn1c(=NC(=O)Cn2cnc3c2c(=O)n(C)c(=O)n3C)sc2cc(F)ccc21. The number of rotatable bonds is 4. The van der Waals surface area contributed by atoms with E-state index in [1.807, 2.05) is 0 Å². The van der Waals surface area contributed by atoms with Crippen LogP contribution in [0.2, 0.25) is 0 Å². The van der Waals surface area contributed by atoms with Crippen LogP contribution in [0, 0.1) is 5.82 Å². The molecule has 13 heteroatoms. The molecule has 0 radical (unpaired) electrons. The maximum absolute atomic E-state index is 13.6. The van der Waals surface area contributed by atoms with Gasteiger partial charge in [-0.3, -0.25) is 23.5 Å². The summed E-state index contributed by atoms with van der Waals surface area (Å²) >= 11 is 1.04. The van der Waals surface area contributed by atoms with Gasteiger partial charge in [0.1, 0.15) is 18.9 Å². The lowest BCUT2D eigenvalue weighted by Crippen LogP contribution is -2.37. The molecule has 0 aliphatic heterocycles. The summed E-state index contributed by atoms with van der Waals surface area (Å²) < 4.78 is 23.7. The summed E-state index contributed by atoms with van der Waals surface area (Å²) in [6.07, 6.45) is 1.28. The normalized spacial score (nSPS) is 12.1. The standard InChI is InChI=1S/C19H17FN6O5S/c1-23-16-15(17(29)24(2)19(23)30)25(9-21-16)7-13(27)22-18-26(8-14(28)31-3)11-5-4-10(20)6-12(11)32-18/h4-6,9H,7-8H2,1-3H3. The lowest BCUT2D eigenvalue weighted by atomic mass is 10.3. The second-order valence-corrected chi connectivity index (χ2v) is 7.92. The second kappa shape index (κ2) is 8.00. The van der Waals surface area contributed by atoms with Crippen LogP contribution in [0.4, 0.5) is 4.39 Å². The van der Waals surface area contributed by atoms with Gasteiger partial charge in [0.2, 0.25) is 0 Å². The van der Waals surface area contributed by atoms with Crippen molar-refractivity contribution in [2.75, 3.05) is 7.11 Å². The molecule has 0 aliphatic carbocycles. The zero-order valence-electron chi connectivity index (χ0n) is 17.2. The Kier molecular flexibility index (Phi) is 5.34. The van der Waals surface area contributed by atoms with Gasteiger partial charge in [-0.05, 0) is 18.2 Å². The number of halogens is 1. The Morgan fingerprint density at radius 2 is 1.94 bits per heavy atom. The number of benzene rings is 1. The summed E-state index contributed by atoms with van der Waals surface area (Å²) in [6, 6.07) is 4.01. The van der Waals surface area contributed by atoms with Gasteiger partial charge in [-0.2, -0.15) is 4.99 Å². The van der Waals surface area contributed by atoms with Crippen LogP contribution in [0.25, 0.3) is 21.4 Å². The first-order chi connectivity index (χ1) is 15.2. The number of aromatic nitrogens is 5. The van der Waals surface area contributed by atoms with Crippen LogP contribution in [-0.2, 0) is 41.5 Å². The molecule has 0 fully saturated rings. The lowest BCUT2D eigenvalue weighted by molar-refractivity contribution is -0.141. The van der Waals surface area contributed by atoms with Crippen molar-refractivity contribution in [1.82, 2.24) is 23.3 Å². The van der Waals surface area contributed by atoms with E-state index in [1.54, 1.807) is 0 Å². The van der Waals surface area contributed by atoms with Crippen LogP contribution in [0.3, 0.4) is 0 Å². The lowest BCUT2D eigenvalue weighted by Gasteiger charge is -2.05. The Morgan fingerprint density at radius 3 is 2.66 bits per heavy atom. The molecule has 0 saturated carbocycles. The smallest absolute Gasteiger partial charge is 0.332 e. The van der Waals surface area contributed by atoms with E-state index in [9.17, 15) is 23.6 Å². The molecule has 0 bridgehead atoms. The number of amides is 1. The van der Waals surface area contributed by atoms with Gasteiger partial charge in [0.05, 0.1) is 23.7 Å². The number of hydrogen-bond acceptors (Lipinski definition) is 7. The van der Waals surface area contributed by atoms with E-state index in [4.69, 9.17) is 4.74 Å². The molecule has 4 aromatic rings. The molecule has 0 N–H and O–H groups in total. The van der Waals surface area contributed by atoms with Crippen LogP contribution in [0.15, 0.2) is 39.1 Å². The highest BCUT2D eigenvalue weighted by Crippen LogP contribution is 2.19. The van der Waals surface area contributed by atoms with Crippen LogP contribution in [0.5, 0.6) is 0 Å². The number of carbonyl (C=O) groups is 2. The first-order valence-corrected chi connectivity index (χ1v) is 10.1. The number of aryl methyl sites for hydroxylation is 1. The molecule has 0 atom stereocenters. The Hall–Kier alpha value is -3.87. The van der Waals surface area contributed by atoms with Gasteiger partial charge >= 0.3 is 11.7 Å². The van der Waals surface area contributed by atoms with Crippen molar-refractivity contribution in [1.29, 1.82) is 0 Å². The van der Waals surface area contributed by atoms with Gasteiger partial charge < -0.3 is 13.9 Å². The predicted octanol–water partition coefficient (Wildman–Crippen LogP) is -0.111. The summed E-state index contributed by atoms with van der Waals surface area (Å²) in [5.41, 5.74) is -0.384. The molecule has 32 heavy (non-hydrogen) atoms. The second-order valence-electron chi connectivity index (χ2n) is 6.91. The molecular formula is C19H17FN6O5S. The summed E-state index contributed by atoms with van der Waals surface area (Å²) in [5.74, 6) is -1.66. The van der Waals surface area contributed by atoms with Crippen molar-refractivity contribution in [2.24, 2.45) is 19.1 Å². The van der Waals surface area contributed by atoms with Gasteiger partial charge in [-0.1, -0.05) is 11.3 Å². The van der Waals surface area contributed by atoms with Crippen molar-refractivity contribution < 1.29 is 18.7 Å². The summed E-state index contributed by atoms with van der Waals surface area (Å²) in [7, 11) is 4.04. The van der Waals surface area contributed by atoms with Crippen LogP contribution in [-0.4, -0.2) is 42.2 Å². The third-order valence-corrected chi connectivity index (χ3v) is 5.94. The number of methoxy groups -OCH3 is 1. The Balaban J connectivity index is 1.80. The minimum absolute atomic E-state index is 0.0824. The molecule has 0 unspecified atom stereocenters. The highest BCUT2D eigenvalue weighted by atomic mass is 32.1. The number of ether oxygens (including phenoxy) is 1. The van der Waals surface area contributed by atoms with Crippen molar-refractivity contribution >= 4 is 44.6 Å². The summed E-state index contributed by atoms with van der Waals surface area (Å²) in [6.45, 7) is -0.546. The summed E-state index contributed by atoms with van der Waals surface area (Å²) in [4.78, 5) is 57.5. The molecule has 0 spiro atoms. The fourth-order valence-corrected chi connectivity index (χ4v) is 4.35. The monoisotopic (exact) mass is 460 g/mol. The van der Waals surface area contributed by atoms with E-state index in [-0.39, 0.29) is 29.1 Å². The molecular weight excluding hydrogens is 443 g/mol. The van der Waals surface area contributed by atoms with Crippen molar-refractivity contribution in [2.45, 2.75) is 13.1 Å². The van der Waals surface area contributed by atoms with Gasteiger partial charge in [0, 0.05) is 14.1 Å². The number of fused-ring (bicyclic) bond motifs is 2. The zero-order chi connectivity index (χ0) is 23.2. The van der Waals surface area contributed by atoms with E-state index >= 15 is 0 Å². The summed E-state index contributed by atoms with van der Waals surface area (Å²) in [5, 5.41) is 0. The number of carbonyl (C=O) groups excluding carboxylic acids is 2. The molecule has 3 heterocycles. The number of esters is 1. The van der Waals surface area contributed by atoms with Gasteiger partial charge in [-0.25, -0.2) is 14.2 Å². The molecule has 166 valence electrons. The van der Waals surface area contributed by atoms with Gasteiger partial charge in [-0.15, -0.1) is 0 Å². The van der Waals surface area contributed by atoms with E-state index in [1.165, 1.54) is 59.4 Å². The van der Waals surface area contributed by atoms with E-state index in [2.05, 4.69) is 9.98 Å². The average Bonchev–Trinajstić information content (AvgIpc) is 3.31. The third kappa shape index (κ3) is 3.56. The first-order valence-electron chi connectivity index (χ1n) is 9.25. The molecule has 1 aromatic carbocycles. The van der Waals surface area contributed by atoms with Gasteiger partial charge in [0.25, 0.3) is 11.5 Å². The number of imidazole rings is 1. The van der Waals surface area contributed by atoms with E-state index in [0.717, 1.165) is 15.9 Å². The van der Waals surface area contributed by atoms with Crippen molar-refractivity contribution in [3.8, 4) is 0 Å². The van der Waals surface area contributed by atoms with E-state index < -0.39 is 28.9 Å². The molecule has 11 nitrogen and oxygen atoms in total. The topological polar surface area (TPSA) is 122 Å². The fourth-order valence-electron chi connectivity index (χ4n) is 3.28. The van der Waals surface area contributed by atoms with Crippen LogP contribution >= 0.6 is 11.3 Å². The number of thiazole rings is 1. The van der Waals surface area contributed by atoms with Gasteiger partial charge in [0.15, 0.2) is 16.0 Å². The molecule has 0 aliphatic rings. The highest BCUT2D eigenvalue weighted by Gasteiger charge is 2.17. The fraction of sp³-hybridized carbons (Fsp3) is 0.263. The maximum atomic E-state index is 13.6. The van der Waals surface area contributed by atoms with Crippen LogP contribution in [0.1, 0.15) is 0 Å². The van der Waals surface area contributed by atoms with Crippen molar-refractivity contribution in [3.63, 3.8) is 0 Å². The molecule has 4 rings (SSSR count). The quantitative estimate of drug-likeness (QED) is 0.392. The Bertz CT molecular complexity index is 1590. The molecule has 3 aromatic heterocycles. The zero-order valence-corrected chi connectivity index (χ0v) is 18.1. The third-order valence-electron chi connectivity index (χ3n) is 4.90. The number of nitrogens with zero attached hydrogens (tertiary/aromatic N) is 6. The van der Waals surface area contributed by atoms with E-state index in [0.29, 0.717) is 10.2 Å². The largest absolute Gasteiger partial charge is 0.468 e. The Labute approximate surface area is 182 Å². The number of hydrogen-bond donors (Lipinski definition) is 0. The average molecular weight is 460 g/mol. The maximum Gasteiger partial charge on any atom is 0.332 e. The Morgan fingerprint density at radius 1 is 1.19 bits per heavy atom. The minimum Gasteiger partial charge on any atom is -0.468 e. The molecule has 0 saturated heterocycles. The minimum atomic E-state index is -0.633. The van der Waals surface area contributed by atoms with Crippen molar-refractivity contribution in [3.05, 3.63) is 56.0 Å². The molecule has 1 amide bonds. The van der Waals surface area contributed by atoms with Crippen LogP contribution < -0.4 is 16.1 Å².